The summed E-state index contributed by atoms with van der Waals surface area (Å²) in [5.41, 5.74) is 1.63. The van der Waals surface area contributed by atoms with Crippen LogP contribution in [0.2, 0.25) is 0 Å². The van der Waals surface area contributed by atoms with E-state index in [0.29, 0.717) is 0 Å². The third-order valence-corrected chi connectivity index (χ3v) is 7.12. The quantitative estimate of drug-likeness (QED) is 0.348. The summed E-state index contributed by atoms with van der Waals surface area (Å²) in [4.78, 5) is 14.9. The van der Waals surface area contributed by atoms with Crippen molar-refractivity contribution >= 4 is 16.9 Å². The second-order valence-electron chi connectivity index (χ2n) is 6.59. The molecular formula is C25H20O3S. The molecule has 0 saturated heterocycles. The van der Waals surface area contributed by atoms with E-state index in [9.17, 15) is 9.90 Å². The van der Waals surface area contributed by atoms with E-state index in [-0.39, 0.29) is 11.3 Å². The summed E-state index contributed by atoms with van der Waals surface area (Å²) >= 11 is 0. The van der Waals surface area contributed by atoms with E-state index in [1.54, 1.807) is 6.07 Å². The van der Waals surface area contributed by atoms with Crippen LogP contribution in [0.15, 0.2) is 118 Å². The standard InChI is InChI=1S/C25H20O3S/c26-24-17-19(14-15-23(24)25(27)28)18-8-7-13-22(16-18)29(20-9-3-1-4-10-20)21-11-5-2-6-12-21/h1-17,26,29H,(H,27,28). The van der Waals surface area contributed by atoms with Gasteiger partial charge < -0.3 is 10.2 Å². The molecule has 0 saturated carbocycles. The van der Waals surface area contributed by atoms with Crippen molar-refractivity contribution in [3.8, 4) is 16.9 Å². The summed E-state index contributed by atoms with van der Waals surface area (Å²) in [6.07, 6.45) is 0. The van der Waals surface area contributed by atoms with E-state index >= 15 is 0 Å². The smallest absolute Gasteiger partial charge is 0.339 e. The lowest BCUT2D eigenvalue weighted by molar-refractivity contribution is 0.0694. The van der Waals surface area contributed by atoms with Crippen LogP contribution in [-0.2, 0) is 0 Å². The zero-order chi connectivity index (χ0) is 20.2. The molecule has 0 aliphatic carbocycles. The van der Waals surface area contributed by atoms with Crippen molar-refractivity contribution in [1.29, 1.82) is 0 Å². The summed E-state index contributed by atoms with van der Waals surface area (Å²) in [7, 11) is -0.733. The van der Waals surface area contributed by atoms with E-state index in [1.807, 2.05) is 24.3 Å². The average Bonchev–Trinajstić information content (AvgIpc) is 2.75. The first-order chi connectivity index (χ1) is 14.1. The molecule has 0 aromatic heterocycles. The average molecular weight is 400 g/mol. The third-order valence-electron chi connectivity index (χ3n) is 4.69. The summed E-state index contributed by atoms with van der Waals surface area (Å²) in [6.45, 7) is 0. The van der Waals surface area contributed by atoms with Crippen molar-refractivity contribution in [1.82, 2.24) is 0 Å². The lowest BCUT2D eigenvalue weighted by atomic mass is 10.0. The zero-order valence-electron chi connectivity index (χ0n) is 15.6. The Kier molecular flexibility index (Phi) is 5.36. The number of carboxylic acids is 1. The van der Waals surface area contributed by atoms with Gasteiger partial charge in [0.2, 0.25) is 0 Å². The maximum absolute atomic E-state index is 11.2. The van der Waals surface area contributed by atoms with Crippen LogP contribution >= 0.6 is 10.9 Å². The van der Waals surface area contributed by atoms with Crippen LogP contribution < -0.4 is 0 Å². The number of aromatic hydroxyl groups is 1. The topological polar surface area (TPSA) is 57.5 Å². The van der Waals surface area contributed by atoms with Gasteiger partial charge in [-0.15, -0.1) is 0 Å². The van der Waals surface area contributed by atoms with Gasteiger partial charge in [-0.2, -0.15) is 10.9 Å². The number of carboxylic acid groups (broad SMARTS) is 1. The molecule has 4 heteroatoms. The molecule has 0 atom stereocenters. The van der Waals surface area contributed by atoms with Gasteiger partial charge in [-0.1, -0.05) is 54.6 Å². The fourth-order valence-electron chi connectivity index (χ4n) is 3.32. The maximum Gasteiger partial charge on any atom is 0.339 e. The number of carbonyl (C=O) groups is 1. The monoisotopic (exact) mass is 400 g/mol. The number of aromatic carboxylic acids is 1. The lowest BCUT2D eigenvalue weighted by Gasteiger charge is -2.24. The summed E-state index contributed by atoms with van der Waals surface area (Å²) in [5, 5.41) is 19.2. The van der Waals surface area contributed by atoms with E-state index < -0.39 is 16.9 Å². The first-order valence-electron chi connectivity index (χ1n) is 9.20. The molecule has 144 valence electrons. The Hall–Kier alpha value is -3.50. The first-order valence-corrected chi connectivity index (χ1v) is 10.5. The van der Waals surface area contributed by atoms with Crippen molar-refractivity contribution in [3.05, 3.63) is 109 Å². The fourth-order valence-corrected chi connectivity index (χ4v) is 5.66. The maximum atomic E-state index is 11.2. The molecule has 29 heavy (non-hydrogen) atoms. The molecule has 2 N–H and O–H groups in total. The molecule has 0 aliphatic rings. The Morgan fingerprint density at radius 2 is 1.17 bits per heavy atom. The van der Waals surface area contributed by atoms with Crippen LogP contribution in [0.1, 0.15) is 10.4 Å². The highest BCUT2D eigenvalue weighted by atomic mass is 32.2. The molecular weight excluding hydrogens is 380 g/mol. The molecule has 4 rings (SSSR count). The first kappa shape index (κ1) is 18.8. The normalized spacial score (nSPS) is 11.1. The third kappa shape index (κ3) is 4.03. The summed E-state index contributed by atoms with van der Waals surface area (Å²) < 4.78 is 0. The Morgan fingerprint density at radius 3 is 1.72 bits per heavy atom. The number of phenols is 1. The van der Waals surface area contributed by atoms with Crippen LogP contribution in [-0.4, -0.2) is 16.2 Å². The predicted molar refractivity (Wildman–Crippen MR) is 117 cm³/mol. The van der Waals surface area contributed by atoms with Crippen molar-refractivity contribution in [2.24, 2.45) is 0 Å². The van der Waals surface area contributed by atoms with E-state index in [1.165, 1.54) is 26.8 Å². The van der Waals surface area contributed by atoms with Gasteiger partial charge in [0.25, 0.3) is 0 Å². The van der Waals surface area contributed by atoms with Crippen LogP contribution in [0, 0.1) is 0 Å². The fraction of sp³-hybridized carbons (Fsp3) is 0. The van der Waals surface area contributed by atoms with E-state index in [2.05, 4.69) is 60.7 Å². The highest BCUT2D eigenvalue weighted by Crippen LogP contribution is 2.51. The van der Waals surface area contributed by atoms with Crippen molar-refractivity contribution in [3.63, 3.8) is 0 Å². The Bertz CT molecular complexity index is 1100. The summed E-state index contributed by atoms with van der Waals surface area (Å²) in [5.74, 6) is -1.37. The lowest BCUT2D eigenvalue weighted by Crippen LogP contribution is -1.96. The minimum absolute atomic E-state index is 0.0965. The summed E-state index contributed by atoms with van der Waals surface area (Å²) in [6, 6.07) is 33.8. The Morgan fingerprint density at radius 1 is 0.621 bits per heavy atom. The Balaban J connectivity index is 1.80. The van der Waals surface area contributed by atoms with Gasteiger partial charge in [-0.3, -0.25) is 0 Å². The molecule has 0 aliphatic heterocycles. The Labute approximate surface area is 172 Å². The highest BCUT2D eigenvalue weighted by molar-refractivity contribution is 8.17. The van der Waals surface area contributed by atoms with E-state index in [0.717, 1.165) is 11.1 Å². The zero-order valence-corrected chi connectivity index (χ0v) is 16.5. The van der Waals surface area contributed by atoms with Gasteiger partial charge in [0.05, 0.1) is 0 Å². The van der Waals surface area contributed by atoms with Crippen molar-refractivity contribution in [2.45, 2.75) is 14.7 Å². The van der Waals surface area contributed by atoms with Crippen molar-refractivity contribution < 1.29 is 15.0 Å². The number of hydrogen-bond donors (Lipinski definition) is 3. The van der Waals surface area contributed by atoms with Gasteiger partial charge in [0.1, 0.15) is 11.3 Å². The van der Waals surface area contributed by atoms with Gasteiger partial charge in [0.15, 0.2) is 0 Å². The highest BCUT2D eigenvalue weighted by Gasteiger charge is 2.14. The van der Waals surface area contributed by atoms with Crippen LogP contribution in [0.4, 0.5) is 0 Å². The number of thiol groups is 1. The SMILES string of the molecule is O=C(O)c1ccc(-c2cccc([SH](c3ccccc3)c3ccccc3)c2)cc1O. The van der Waals surface area contributed by atoms with Crippen LogP contribution in [0.25, 0.3) is 11.1 Å². The van der Waals surface area contributed by atoms with Gasteiger partial charge in [0, 0.05) is 0 Å². The predicted octanol–water partition coefficient (Wildman–Crippen LogP) is 6.24. The van der Waals surface area contributed by atoms with Crippen LogP contribution in [0.5, 0.6) is 5.75 Å². The minimum atomic E-state index is -1.14. The minimum Gasteiger partial charge on any atom is -0.507 e. The van der Waals surface area contributed by atoms with Crippen molar-refractivity contribution in [2.75, 3.05) is 0 Å². The number of hydrogen-bond acceptors (Lipinski definition) is 2. The molecule has 4 aromatic rings. The molecule has 0 unspecified atom stereocenters. The molecule has 3 nitrogen and oxygen atoms in total. The number of rotatable bonds is 5. The molecule has 0 fully saturated rings. The van der Waals surface area contributed by atoms with Crippen LogP contribution in [0.3, 0.4) is 0 Å². The second-order valence-corrected chi connectivity index (χ2v) is 8.81. The second kappa shape index (κ2) is 8.25. The largest absolute Gasteiger partial charge is 0.507 e. The van der Waals surface area contributed by atoms with Gasteiger partial charge in [-0.05, 0) is 74.3 Å². The van der Waals surface area contributed by atoms with E-state index in [4.69, 9.17) is 5.11 Å². The molecule has 4 aromatic carbocycles. The molecule has 0 spiro atoms. The molecule has 0 radical (unpaired) electrons. The molecule has 0 heterocycles. The van der Waals surface area contributed by atoms with Gasteiger partial charge >= 0.3 is 5.97 Å². The van der Waals surface area contributed by atoms with Gasteiger partial charge in [-0.25, -0.2) is 4.79 Å². The molecule has 0 bridgehead atoms. The number of benzene rings is 4. The molecule has 0 amide bonds.